The summed E-state index contributed by atoms with van der Waals surface area (Å²) in [5.74, 6) is 0. The topological polar surface area (TPSA) is 32.3 Å². The normalized spacial score (nSPS) is 28.0. The second kappa shape index (κ2) is 3.35. The predicted molar refractivity (Wildman–Crippen MR) is 49.4 cm³/mol. The van der Waals surface area contributed by atoms with Gasteiger partial charge in [0.05, 0.1) is 5.60 Å². The van der Waals surface area contributed by atoms with Crippen LogP contribution < -0.4 is 5.32 Å². The highest BCUT2D eigenvalue weighted by atomic mass is 19.4. The summed E-state index contributed by atoms with van der Waals surface area (Å²) in [6.07, 6.45) is -0.822. The van der Waals surface area contributed by atoms with Crippen molar-refractivity contribution in [2.24, 2.45) is 0 Å². The van der Waals surface area contributed by atoms with Crippen LogP contribution >= 0.6 is 0 Å². The van der Waals surface area contributed by atoms with Crippen LogP contribution in [0.2, 0.25) is 0 Å². The maximum absolute atomic E-state index is 12.6. The molecule has 0 aliphatic heterocycles. The third-order valence-corrected chi connectivity index (χ3v) is 3.58. The summed E-state index contributed by atoms with van der Waals surface area (Å²) in [4.78, 5) is 0. The van der Waals surface area contributed by atoms with Crippen molar-refractivity contribution >= 4 is 0 Å². The van der Waals surface area contributed by atoms with Crippen molar-refractivity contribution in [3.8, 4) is 0 Å². The molecule has 0 bridgehead atoms. The number of halogens is 3. The lowest BCUT2D eigenvalue weighted by Gasteiger charge is -2.28. The minimum atomic E-state index is -4.18. The van der Waals surface area contributed by atoms with E-state index in [0.717, 1.165) is 12.8 Å². The molecule has 2 saturated carbocycles. The zero-order chi connectivity index (χ0) is 11.2. The Morgan fingerprint density at radius 2 is 1.60 bits per heavy atom. The summed E-state index contributed by atoms with van der Waals surface area (Å²) in [7, 11) is 0. The fraction of sp³-hybridized carbons (Fsp3) is 1.00. The van der Waals surface area contributed by atoms with E-state index in [1.165, 1.54) is 0 Å². The largest absolute Gasteiger partial charge is 0.406 e. The predicted octanol–water partition coefficient (Wildman–Crippen LogP) is 1.98. The van der Waals surface area contributed by atoms with Gasteiger partial charge in [-0.05, 0) is 25.7 Å². The maximum atomic E-state index is 12.6. The van der Waals surface area contributed by atoms with Gasteiger partial charge in [0.2, 0.25) is 0 Å². The van der Waals surface area contributed by atoms with Crippen LogP contribution in [-0.4, -0.2) is 29.0 Å². The Morgan fingerprint density at radius 3 is 2.00 bits per heavy atom. The molecule has 5 heteroatoms. The van der Waals surface area contributed by atoms with Gasteiger partial charge in [-0.1, -0.05) is 12.8 Å². The number of hydrogen-bond acceptors (Lipinski definition) is 2. The van der Waals surface area contributed by atoms with Crippen LogP contribution in [0.15, 0.2) is 0 Å². The molecule has 0 aromatic carbocycles. The molecule has 2 rings (SSSR count). The SMILES string of the molecule is OC1(CNC2(C(F)(F)F)CC2)CCCC1. The molecule has 0 amide bonds. The van der Waals surface area contributed by atoms with Crippen LogP contribution in [0.25, 0.3) is 0 Å². The monoisotopic (exact) mass is 223 g/mol. The van der Waals surface area contributed by atoms with E-state index in [1.54, 1.807) is 0 Å². The first-order valence-corrected chi connectivity index (χ1v) is 5.41. The summed E-state index contributed by atoms with van der Waals surface area (Å²) in [6.45, 7) is 0.0759. The van der Waals surface area contributed by atoms with Gasteiger partial charge in [-0.3, -0.25) is 0 Å². The highest BCUT2D eigenvalue weighted by Gasteiger charge is 2.63. The number of aliphatic hydroxyl groups is 1. The first-order chi connectivity index (χ1) is 6.87. The van der Waals surface area contributed by atoms with E-state index in [0.29, 0.717) is 12.8 Å². The summed E-state index contributed by atoms with van der Waals surface area (Å²) < 4.78 is 37.7. The summed E-state index contributed by atoms with van der Waals surface area (Å²) in [6, 6.07) is 0. The molecule has 0 radical (unpaired) electrons. The van der Waals surface area contributed by atoms with Crippen LogP contribution in [-0.2, 0) is 0 Å². The van der Waals surface area contributed by atoms with Gasteiger partial charge in [-0.25, -0.2) is 0 Å². The summed E-state index contributed by atoms with van der Waals surface area (Å²) in [5.41, 5.74) is -2.59. The quantitative estimate of drug-likeness (QED) is 0.766. The number of hydrogen-bond donors (Lipinski definition) is 2. The Labute approximate surface area is 86.9 Å². The third kappa shape index (κ3) is 2.13. The molecule has 0 saturated heterocycles. The fourth-order valence-corrected chi connectivity index (χ4v) is 2.23. The van der Waals surface area contributed by atoms with Gasteiger partial charge in [-0.2, -0.15) is 13.2 Å². The van der Waals surface area contributed by atoms with Gasteiger partial charge in [0.1, 0.15) is 5.54 Å². The van der Waals surface area contributed by atoms with Crippen LogP contribution in [0.5, 0.6) is 0 Å². The molecule has 0 unspecified atom stereocenters. The summed E-state index contributed by atoms with van der Waals surface area (Å²) in [5, 5.41) is 12.4. The molecule has 2 N–H and O–H groups in total. The molecule has 2 nitrogen and oxygen atoms in total. The number of nitrogens with one attached hydrogen (secondary N) is 1. The third-order valence-electron chi connectivity index (χ3n) is 3.58. The van der Waals surface area contributed by atoms with E-state index in [9.17, 15) is 18.3 Å². The second-order valence-electron chi connectivity index (χ2n) is 4.86. The van der Waals surface area contributed by atoms with Gasteiger partial charge < -0.3 is 10.4 Å². The lowest BCUT2D eigenvalue weighted by molar-refractivity contribution is -0.168. The fourth-order valence-electron chi connectivity index (χ4n) is 2.23. The Hall–Kier alpha value is -0.290. The van der Waals surface area contributed by atoms with E-state index < -0.39 is 17.3 Å². The van der Waals surface area contributed by atoms with Gasteiger partial charge in [0.25, 0.3) is 0 Å². The molecule has 88 valence electrons. The van der Waals surface area contributed by atoms with E-state index in [-0.39, 0.29) is 19.4 Å². The van der Waals surface area contributed by atoms with Gasteiger partial charge in [0, 0.05) is 6.54 Å². The molecular weight excluding hydrogens is 207 g/mol. The van der Waals surface area contributed by atoms with Gasteiger partial charge >= 0.3 is 6.18 Å². The standard InChI is InChI=1S/C10H16F3NO/c11-10(12,13)9(5-6-9)14-7-8(15)3-1-2-4-8/h14-15H,1-7H2. The van der Waals surface area contributed by atoms with Gasteiger partial charge in [-0.15, -0.1) is 0 Å². The van der Waals surface area contributed by atoms with Crippen molar-refractivity contribution in [3.05, 3.63) is 0 Å². The minimum absolute atomic E-state index is 0.0759. The van der Waals surface area contributed by atoms with E-state index in [2.05, 4.69) is 5.32 Å². The first-order valence-electron chi connectivity index (χ1n) is 5.41. The Balaban J connectivity index is 1.88. The van der Waals surface area contributed by atoms with Crippen molar-refractivity contribution < 1.29 is 18.3 Å². The van der Waals surface area contributed by atoms with Crippen molar-refractivity contribution in [3.63, 3.8) is 0 Å². The van der Waals surface area contributed by atoms with E-state index >= 15 is 0 Å². The highest BCUT2D eigenvalue weighted by Crippen LogP contribution is 2.49. The second-order valence-corrected chi connectivity index (χ2v) is 4.86. The minimum Gasteiger partial charge on any atom is -0.389 e. The molecule has 0 aromatic heterocycles. The van der Waals surface area contributed by atoms with Crippen molar-refractivity contribution in [1.29, 1.82) is 0 Å². The van der Waals surface area contributed by atoms with Crippen molar-refractivity contribution in [2.45, 2.75) is 55.8 Å². The van der Waals surface area contributed by atoms with Crippen LogP contribution in [0, 0.1) is 0 Å². The van der Waals surface area contributed by atoms with Crippen LogP contribution in [0.1, 0.15) is 38.5 Å². The Morgan fingerprint density at radius 1 is 1.07 bits per heavy atom. The molecule has 15 heavy (non-hydrogen) atoms. The number of β-amino-alcohol motifs (C(OH)–C–C–N with tert-alkyl or cyclic N) is 1. The molecular formula is C10H16F3NO. The van der Waals surface area contributed by atoms with E-state index in [4.69, 9.17) is 0 Å². The molecule has 0 aromatic rings. The molecule has 2 aliphatic carbocycles. The lowest BCUT2D eigenvalue weighted by atomic mass is 10.0. The van der Waals surface area contributed by atoms with Crippen LogP contribution in [0.3, 0.4) is 0 Å². The first kappa shape index (κ1) is 11.2. The average Bonchev–Trinajstić information content (AvgIpc) is 2.82. The zero-order valence-corrected chi connectivity index (χ0v) is 8.53. The molecule has 0 heterocycles. The highest BCUT2D eigenvalue weighted by molar-refractivity contribution is 5.09. The van der Waals surface area contributed by atoms with Crippen LogP contribution in [0.4, 0.5) is 13.2 Å². The number of rotatable bonds is 3. The number of alkyl halides is 3. The Bertz CT molecular complexity index is 242. The lowest BCUT2D eigenvalue weighted by Crippen LogP contribution is -2.50. The average molecular weight is 223 g/mol. The molecule has 0 spiro atoms. The zero-order valence-electron chi connectivity index (χ0n) is 8.53. The Kier molecular flexibility index (Phi) is 2.50. The smallest absolute Gasteiger partial charge is 0.389 e. The van der Waals surface area contributed by atoms with Crippen molar-refractivity contribution in [1.82, 2.24) is 5.32 Å². The molecule has 2 aliphatic rings. The van der Waals surface area contributed by atoms with Crippen molar-refractivity contribution in [2.75, 3.05) is 6.54 Å². The maximum Gasteiger partial charge on any atom is 0.406 e. The summed E-state index contributed by atoms with van der Waals surface area (Å²) >= 11 is 0. The van der Waals surface area contributed by atoms with Gasteiger partial charge in [0.15, 0.2) is 0 Å². The molecule has 0 atom stereocenters. The molecule has 2 fully saturated rings. The van der Waals surface area contributed by atoms with E-state index in [1.807, 2.05) is 0 Å².